The van der Waals surface area contributed by atoms with Gasteiger partial charge in [0.1, 0.15) is 5.75 Å². The van der Waals surface area contributed by atoms with Gasteiger partial charge in [0, 0.05) is 6.42 Å². The molecule has 2 aliphatic carbocycles. The number of aliphatic hydroxyl groups excluding tert-OH is 1. The molecule has 0 aliphatic heterocycles. The lowest BCUT2D eigenvalue weighted by Crippen LogP contribution is -2.40. The zero-order chi connectivity index (χ0) is 16.7. The minimum absolute atomic E-state index is 0.00324. The van der Waals surface area contributed by atoms with Gasteiger partial charge in [0.15, 0.2) is 0 Å². The fourth-order valence-corrected chi connectivity index (χ4v) is 3.72. The highest BCUT2D eigenvalue weighted by Crippen LogP contribution is 2.49. The Morgan fingerprint density at radius 3 is 2.75 bits per heavy atom. The molecular formula is C20H21NO3. The van der Waals surface area contributed by atoms with Crippen molar-refractivity contribution in [1.82, 2.24) is 5.32 Å². The van der Waals surface area contributed by atoms with Crippen molar-refractivity contribution in [2.24, 2.45) is 0 Å². The van der Waals surface area contributed by atoms with Crippen LogP contribution in [0.5, 0.6) is 5.75 Å². The van der Waals surface area contributed by atoms with E-state index >= 15 is 0 Å². The Labute approximate surface area is 141 Å². The first kappa shape index (κ1) is 15.2. The topological polar surface area (TPSA) is 58.6 Å². The number of nitrogens with one attached hydrogen (secondary N) is 1. The Morgan fingerprint density at radius 1 is 1.21 bits per heavy atom. The standard InChI is InChI=1S/C20H21NO3/c1-24-15-7-4-6-14(12-15)20(9-10-20)19(23)21-18-16-8-3-2-5-13(16)11-17(18)22/h2-8,12,17-18,22H,9-11H2,1H3,(H,21,23)/t17-,18+/m0/s1. The van der Waals surface area contributed by atoms with Gasteiger partial charge >= 0.3 is 0 Å². The summed E-state index contributed by atoms with van der Waals surface area (Å²) < 4.78 is 5.28. The maximum absolute atomic E-state index is 13.0. The molecule has 0 spiro atoms. The van der Waals surface area contributed by atoms with E-state index in [9.17, 15) is 9.90 Å². The van der Waals surface area contributed by atoms with Crippen LogP contribution in [0.25, 0.3) is 0 Å². The van der Waals surface area contributed by atoms with Gasteiger partial charge in [-0.2, -0.15) is 0 Å². The van der Waals surface area contributed by atoms with Crippen LogP contribution in [-0.4, -0.2) is 24.2 Å². The van der Waals surface area contributed by atoms with Crippen molar-refractivity contribution in [3.8, 4) is 5.75 Å². The monoisotopic (exact) mass is 323 g/mol. The van der Waals surface area contributed by atoms with Gasteiger partial charge < -0.3 is 15.2 Å². The molecule has 4 heteroatoms. The summed E-state index contributed by atoms with van der Waals surface area (Å²) in [4.78, 5) is 13.0. The predicted octanol–water partition coefficient (Wildman–Crippen LogP) is 2.50. The van der Waals surface area contributed by atoms with Crippen molar-refractivity contribution in [2.75, 3.05) is 7.11 Å². The zero-order valence-electron chi connectivity index (χ0n) is 13.7. The molecule has 2 atom stereocenters. The molecule has 1 fully saturated rings. The van der Waals surface area contributed by atoms with E-state index in [4.69, 9.17) is 4.74 Å². The highest BCUT2D eigenvalue weighted by Gasteiger charge is 2.52. The van der Waals surface area contributed by atoms with Crippen LogP contribution in [0.2, 0.25) is 0 Å². The molecule has 0 bridgehead atoms. The lowest BCUT2D eigenvalue weighted by molar-refractivity contribution is -0.125. The molecule has 1 saturated carbocycles. The van der Waals surface area contributed by atoms with Crippen molar-refractivity contribution in [2.45, 2.75) is 36.8 Å². The van der Waals surface area contributed by atoms with Gasteiger partial charge in [-0.15, -0.1) is 0 Å². The molecule has 0 radical (unpaired) electrons. The zero-order valence-corrected chi connectivity index (χ0v) is 13.7. The Bertz CT molecular complexity index is 782. The minimum atomic E-state index is -0.563. The molecule has 0 heterocycles. The van der Waals surface area contributed by atoms with Gasteiger partial charge in [-0.3, -0.25) is 4.79 Å². The smallest absolute Gasteiger partial charge is 0.231 e. The number of carbonyl (C=O) groups excluding carboxylic acids is 1. The number of hydrogen-bond acceptors (Lipinski definition) is 3. The Kier molecular flexibility index (Phi) is 3.57. The van der Waals surface area contributed by atoms with E-state index in [-0.39, 0.29) is 11.9 Å². The maximum Gasteiger partial charge on any atom is 0.231 e. The maximum atomic E-state index is 13.0. The molecule has 24 heavy (non-hydrogen) atoms. The van der Waals surface area contributed by atoms with Gasteiger partial charge in [-0.25, -0.2) is 0 Å². The number of amides is 1. The largest absolute Gasteiger partial charge is 0.497 e. The summed E-state index contributed by atoms with van der Waals surface area (Å²) in [6, 6.07) is 15.3. The molecule has 1 amide bonds. The summed E-state index contributed by atoms with van der Waals surface area (Å²) in [6.07, 6.45) is 1.69. The molecule has 2 aromatic carbocycles. The van der Waals surface area contributed by atoms with E-state index in [0.29, 0.717) is 6.42 Å². The number of benzene rings is 2. The average Bonchev–Trinajstić information content (AvgIpc) is 3.36. The third-order valence-corrected chi connectivity index (χ3v) is 5.30. The molecule has 0 aromatic heterocycles. The summed E-state index contributed by atoms with van der Waals surface area (Å²) in [5.74, 6) is 0.759. The second kappa shape index (κ2) is 5.64. The number of fused-ring (bicyclic) bond motifs is 1. The highest BCUT2D eigenvalue weighted by molar-refractivity contribution is 5.91. The molecule has 4 rings (SSSR count). The van der Waals surface area contributed by atoms with E-state index in [2.05, 4.69) is 5.32 Å². The summed E-state index contributed by atoms with van der Waals surface area (Å²) in [6.45, 7) is 0. The number of methoxy groups -OCH3 is 1. The van der Waals surface area contributed by atoms with Crippen LogP contribution < -0.4 is 10.1 Å². The van der Waals surface area contributed by atoms with Crippen LogP contribution in [-0.2, 0) is 16.6 Å². The molecule has 0 saturated heterocycles. The summed E-state index contributed by atoms with van der Waals surface area (Å²) in [5, 5.41) is 13.5. The molecule has 2 N–H and O–H groups in total. The average molecular weight is 323 g/mol. The fourth-order valence-electron chi connectivity index (χ4n) is 3.72. The predicted molar refractivity (Wildman–Crippen MR) is 90.9 cm³/mol. The van der Waals surface area contributed by atoms with Gasteiger partial charge in [-0.05, 0) is 41.7 Å². The third-order valence-electron chi connectivity index (χ3n) is 5.30. The van der Waals surface area contributed by atoms with Crippen LogP contribution >= 0.6 is 0 Å². The molecule has 2 aliphatic rings. The Morgan fingerprint density at radius 2 is 2.00 bits per heavy atom. The number of aliphatic hydroxyl groups is 1. The van der Waals surface area contributed by atoms with Gasteiger partial charge in [0.05, 0.1) is 24.7 Å². The van der Waals surface area contributed by atoms with Crippen LogP contribution in [0, 0.1) is 0 Å². The van der Waals surface area contributed by atoms with E-state index in [1.54, 1.807) is 7.11 Å². The third kappa shape index (κ3) is 2.38. The summed E-state index contributed by atoms with van der Waals surface area (Å²) in [7, 11) is 1.63. The fraction of sp³-hybridized carbons (Fsp3) is 0.350. The lowest BCUT2D eigenvalue weighted by atomic mass is 9.94. The lowest BCUT2D eigenvalue weighted by Gasteiger charge is -2.23. The van der Waals surface area contributed by atoms with E-state index < -0.39 is 11.5 Å². The van der Waals surface area contributed by atoms with Crippen molar-refractivity contribution < 1.29 is 14.6 Å². The minimum Gasteiger partial charge on any atom is -0.497 e. The van der Waals surface area contributed by atoms with Gasteiger partial charge in [0.2, 0.25) is 5.91 Å². The molecule has 4 nitrogen and oxygen atoms in total. The van der Waals surface area contributed by atoms with E-state index in [1.807, 2.05) is 48.5 Å². The van der Waals surface area contributed by atoms with Crippen LogP contribution in [0.1, 0.15) is 35.6 Å². The van der Waals surface area contributed by atoms with Crippen molar-refractivity contribution >= 4 is 5.91 Å². The van der Waals surface area contributed by atoms with Crippen LogP contribution in [0.4, 0.5) is 0 Å². The van der Waals surface area contributed by atoms with E-state index in [1.165, 1.54) is 0 Å². The number of rotatable bonds is 4. The second-order valence-electron chi connectivity index (χ2n) is 6.74. The normalized spacial score (nSPS) is 23.4. The summed E-state index contributed by atoms with van der Waals surface area (Å²) in [5.41, 5.74) is 2.65. The number of carbonyl (C=O) groups is 1. The first-order valence-electron chi connectivity index (χ1n) is 8.35. The quantitative estimate of drug-likeness (QED) is 0.909. The van der Waals surface area contributed by atoms with Crippen molar-refractivity contribution in [1.29, 1.82) is 0 Å². The molecule has 2 aromatic rings. The highest BCUT2D eigenvalue weighted by atomic mass is 16.5. The van der Waals surface area contributed by atoms with Crippen LogP contribution in [0.15, 0.2) is 48.5 Å². The second-order valence-corrected chi connectivity index (χ2v) is 6.74. The first-order chi connectivity index (χ1) is 11.6. The Balaban J connectivity index is 1.58. The van der Waals surface area contributed by atoms with Crippen molar-refractivity contribution in [3.63, 3.8) is 0 Å². The van der Waals surface area contributed by atoms with Gasteiger partial charge in [-0.1, -0.05) is 36.4 Å². The SMILES string of the molecule is COc1cccc(C2(C(=O)N[C@@H]3c4ccccc4C[C@@H]3O)CC2)c1. The molecule has 0 unspecified atom stereocenters. The van der Waals surface area contributed by atoms with E-state index in [0.717, 1.165) is 35.3 Å². The summed E-state index contributed by atoms with van der Waals surface area (Å²) >= 11 is 0. The van der Waals surface area contributed by atoms with Crippen LogP contribution in [0.3, 0.4) is 0 Å². The number of ether oxygens (including phenoxy) is 1. The van der Waals surface area contributed by atoms with Crippen molar-refractivity contribution in [3.05, 3.63) is 65.2 Å². The molecule has 124 valence electrons. The number of hydrogen-bond donors (Lipinski definition) is 2. The van der Waals surface area contributed by atoms with Gasteiger partial charge in [0.25, 0.3) is 0 Å². The molecular weight excluding hydrogens is 302 g/mol. The Hall–Kier alpha value is -2.33. The first-order valence-corrected chi connectivity index (χ1v) is 8.35.